The summed E-state index contributed by atoms with van der Waals surface area (Å²) in [6, 6.07) is 1.78. The Morgan fingerprint density at radius 2 is 2.30 bits per heavy atom. The molecule has 2 rings (SSSR count). The Morgan fingerprint density at radius 1 is 1.55 bits per heavy atom. The molecule has 2 heterocycles. The van der Waals surface area contributed by atoms with Gasteiger partial charge in [0.2, 0.25) is 5.91 Å². The van der Waals surface area contributed by atoms with Gasteiger partial charge in [-0.2, -0.15) is 5.10 Å². The molecule has 6 heteroatoms. The van der Waals surface area contributed by atoms with Gasteiger partial charge in [-0.3, -0.25) is 9.59 Å². The zero-order valence-corrected chi connectivity index (χ0v) is 12.1. The molecule has 110 valence electrons. The van der Waals surface area contributed by atoms with Crippen LogP contribution < -0.4 is 15.8 Å². The molecule has 0 aromatic carbocycles. The van der Waals surface area contributed by atoms with Crippen molar-refractivity contribution in [3.63, 3.8) is 0 Å². The van der Waals surface area contributed by atoms with Crippen LogP contribution >= 0.6 is 0 Å². The number of rotatable bonds is 5. The third kappa shape index (κ3) is 3.37. The van der Waals surface area contributed by atoms with Gasteiger partial charge in [-0.1, -0.05) is 13.8 Å². The topological polar surface area (TPSA) is 78.1 Å². The van der Waals surface area contributed by atoms with Crippen molar-refractivity contribution in [2.75, 3.05) is 18.0 Å². The number of nitrogens with one attached hydrogen (secondary N) is 2. The lowest BCUT2D eigenvalue weighted by atomic mass is 10.1. The molecule has 0 saturated carbocycles. The average molecular weight is 278 g/mol. The number of H-pyrrole nitrogens is 1. The van der Waals surface area contributed by atoms with E-state index in [4.69, 9.17) is 0 Å². The second-order valence-corrected chi connectivity index (χ2v) is 5.26. The third-order valence-electron chi connectivity index (χ3n) is 3.91. The molecule has 1 saturated heterocycles. The van der Waals surface area contributed by atoms with Crippen molar-refractivity contribution in [2.45, 2.75) is 39.2 Å². The number of aromatic nitrogens is 2. The highest BCUT2D eigenvalue weighted by Crippen LogP contribution is 2.22. The molecule has 1 aromatic rings. The van der Waals surface area contributed by atoms with E-state index >= 15 is 0 Å². The predicted molar refractivity (Wildman–Crippen MR) is 77.7 cm³/mol. The summed E-state index contributed by atoms with van der Waals surface area (Å²) in [5.74, 6) is 0.119. The number of carbonyl (C=O) groups excluding carboxylic acids is 1. The SMILES string of the molecule is CCC(CC)NC(=O)C1CCN(c2cn[nH]c(=O)c2)C1. The molecular weight excluding hydrogens is 256 g/mol. The monoisotopic (exact) mass is 278 g/mol. The van der Waals surface area contributed by atoms with Gasteiger partial charge >= 0.3 is 0 Å². The summed E-state index contributed by atoms with van der Waals surface area (Å²) in [5, 5.41) is 9.25. The fourth-order valence-corrected chi connectivity index (χ4v) is 2.56. The van der Waals surface area contributed by atoms with Gasteiger partial charge in [0, 0.05) is 25.2 Å². The minimum Gasteiger partial charge on any atom is -0.369 e. The van der Waals surface area contributed by atoms with Crippen molar-refractivity contribution in [3.05, 3.63) is 22.6 Å². The van der Waals surface area contributed by atoms with E-state index in [0.717, 1.165) is 31.5 Å². The van der Waals surface area contributed by atoms with Gasteiger partial charge in [-0.15, -0.1) is 0 Å². The molecule has 0 spiro atoms. The normalized spacial score (nSPS) is 18.6. The van der Waals surface area contributed by atoms with E-state index in [-0.39, 0.29) is 23.4 Å². The summed E-state index contributed by atoms with van der Waals surface area (Å²) in [4.78, 5) is 25.5. The second kappa shape index (κ2) is 6.54. The summed E-state index contributed by atoms with van der Waals surface area (Å²) in [5.41, 5.74) is 0.569. The molecule has 1 atom stereocenters. The average Bonchev–Trinajstić information content (AvgIpc) is 2.94. The van der Waals surface area contributed by atoms with Crippen LogP contribution in [0.2, 0.25) is 0 Å². The number of hydrogen-bond donors (Lipinski definition) is 2. The molecule has 1 unspecified atom stereocenters. The van der Waals surface area contributed by atoms with Gasteiger partial charge in [-0.25, -0.2) is 5.10 Å². The maximum Gasteiger partial charge on any atom is 0.266 e. The molecule has 0 radical (unpaired) electrons. The standard InChI is InChI=1S/C14H22N4O2/c1-3-11(4-2)16-14(20)10-5-6-18(9-10)12-7-13(19)17-15-8-12/h7-8,10-11H,3-6,9H2,1-2H3,(H,16,20)(H,17,19). The van der Waals surface area contributed by atoms with Crippen molar-refractivity contribution >= 4 is 11.6 Å². The number of aromatic amines is 1. The fourth-order valence-electron chi connectivity index (χ4n) is 2.56. The van der Waals surface area contributed by atoms with Gasteiger partial charge in [0.1, 0.15) is 0 Å². The van der Waals surface area contributed by atoms with Gasteiger partial charge < -0.3 is 10.2 Å². The van der Waals surface area contributed by atoms with Crippen LogP contribution in [0.25, 0.3) is 0 Å². The molecule has 1 fully saturated rings. The summed E-state index contributed by atoms with van der Waals surface area (Å²) < 4.78 is 0. The molecule has 6 nitrogen and oxygen atoms in total. The lowest BCUT2D eigenvalue weighted by Gasteiger charge is -2.19. The van der Waals surface area contributed by atoms with E-state index in [9.17, 15) is 9.59 Å². The maximum atomic E-state index is 12.2. The zero-order valence-electron chi connectivity index (χ0n) is 12.1. The molecule has 1 aromatic heterocycles. The Balaban J connectivity index is 1.95. The third-order valence-corrected chi connectivity index (χ3v) is 3.91. The Kier molecular flexibility index (Phi) is 4.76. The minimum absolute atomic E-state index is 0.00473. The van der Waals surface area contributed by atoms with Gasteiger partial charge in [-0.05, 0) is 19.3 Å². The van der Waals surface area contributed by atoms with Gasteiger partial charge in [0.15, 0.2) is 0 Å². The van der Waals surface area contributed by atoms with Crippen molar-refractivity contribution in [1.29, 1.82) is 0 Å². The van der Waals surface area contributed by atoms with Crippen LogP contribution in [0.15, 0.2) is 17.1 Å². The molecule has 0 aliphatic carbocycles. The van der Waals surface area contributed by atoms with Crippen molar-refractivity contribution in [1.82, 2.24) is 15.5 Å². The summed E-state index contributed by atoms with van der Waals surface area (Å²) in [7, 11) is 0. The van der Waals surface area contributed by atoms with Crippen LogP contribution in [0, 0.1) is 5.92 Å². The Labute approximate surface area is 118 Å². The summed E-state index contributed by atoms with van der Waals surface area (Å²) >= 11 is 0. The molecule has 1 aliphatic rings. The van der Waals surface area contributed by atoms with Gasteiger partial charge in [0.25, 0.3) is 5.56 Å². The Morgan fingerprint density at radius 3 is 2.95 bits per heavy atom. The highest BCUT2D eigenvalue weighted by Gasteiger charge is 2.29. The van der Waals surface area contributed by atoms with E-state index in [2.05, 4.69) is 29.4 Å². The molecule has 1 aliphatic heterocycles. The molecule has 0 bridgehead atoms. The van der Waals surface area contributed by atoms with Crippen LogP contribution in [0.4, 0.5) is 5.69 Å². The smallest absolute Gasteiger partial charge is 0.266 e. The Hall–Kier alpha value is -1.85. The maximum absolute atomic E-state index is 12.2. The fraction of sp³-hybridized carbons (Fsp3) is 0.643. The van der Waals surface area contributed by atoms with Crippen LogP contribution in [0.5, 0.6) is 0 Å². The second-order valence-electron chi connectivity index (χ2n) is 5.26. The first-order chi connectivity index (χ1) is 9.63. The van der Waals surface area contributed by atoms with Crippen LogP contribution in [0.1, 0.15) is 33.1 Å². The first kappa shape index (κ1) is 14.6. The molecule has 20 heavy (non-hydrogen) atoms. The first-order valence-corrected chi connectivity index (χ1v) is 7.24. The van der Waals surface area contributed by atoms with Gasteiger partial charge in [0.05, 0.1) is 17.8 Å². The molecule has 1 amide bonds. The number of nitrogens with zero attached hydrogens (tertiary/aromatic N) is 2. The molecule has 2 N–H and O–H groups in total. The largest absolute Gasteiger partial charge is 0.369 e. The zero-order chi connectivity index (χ0) is 14.5. The number of hydrogen-bond acceptors (Lipinski definition) is 4. The van der Waals surface area contributed by atoms with Crippen LogP contribution in [-0.4, -0.2) is 35.2 Å². The van der Waals surface area contributed by atoms with Crippen LogP contribution in [-0.2, 0) is 4.79 Å². The number of amides is 1. The van der Waals surface area contributed by atoms with Crippen LogP contribution in [0.3, 0.4) is 0 Å². The van der Waals surface area contributed by atoms with E-state index in [1.165, 1.54) is 6.07 Å². The lowest BCUT2D eigenvalue weighted by molar-refractivity contribution is -0.125. The predicted octanol–water partition coefficient (Wildman–Crippen LogP) is 0.901. The van der Waals surface area contributed by atoms with Crippen molar-refractivity contribution < 1.29 is 4.79 Å². The summed E-state index contributed by atoms with van der Waals surface area (Å²) in [6.45, 7) is 5.60. The van der Waals surface area contributed by atoms with E-state index in [0.29, 0.717) is 6.54 Å². The van der Waals surface area contributed by atoms with Crippen molar-refractivity contribution in [2.24, 2.45) is 5.92 Å². The lowest BCUT2D eigenvalue weighted by Crippen LogP contribution is -2.39. The highest BCUT2D eigenvalue weighted by atomic mass is 16.2. The minimum atomic E-state index is -0.215. The first-order valence-electron chi connectivity index (χ1n) is 7.24. The van der Waals surface area contributed by atoms with Crippen molar-refractivity contribution in [3.8, 4) is 0 Å². The summed E-state index contributed by atoms with van der Waals surface area (Å²) in [6.07, 6.45) is 4.36. The molecular formula is C14H22N4O2. The number of carbonyl (C=O) groups is 1. The quantitative estimate of drug-likeness (QED) is 0.839. The van der Waals surface area contributed by atoms with E-state index < -0.39 is 0 Å². The number of anilines is 1. The van der Waals surface area contributed by atoms with E-state index in [1.807, 2.05) is 4.90 Å². The highest BCUT2D eigenvalue weighted by molar-refractivity contribution is 5.80. The Bertz CT molecular complexity index is 510. The van der Waals surface area contributed by atoms with E-state index in [1.54, 1.807) is 6.20 Å².